The quantitative estimate of drug-likeness (QED) is 0.345. The zero-order valence-electron chi connectivity index (χ0n) is 17.4. The lowest BCUT2D eigenvalue weighted by atomic mass is 10.2. The van der Waals surface area contributed by atoms with Crippen molar-refractivity contribution >= 4 is 38.8 Å². The molecule has 0 aliphatic heterocycles. The number of carbonyl (C=O) groups is 1. The number of carbonyl (C=O) groups excluding carboxylic acids is 1. The molecule has 6 nitrogen and oxygen atoms in total. The van der Waals surface area contributed by atoms with E-state index >= 15 is 0 Å². The number of fused-ring (bicyclic) bond motifs is 2. The van der Waals surface area contributed by atoms with E-state index in [0.29, 0.717) is 18.8 Å². The Balaban J connectivity index is 1.12. The van der Waals surface area contributed by atoms with E-state index in [1.165, 1.54) is 4.70 Å². The SMILES string of the molecule is O=C(CCCc1nc2ccccc2s1)Nc1cccc(OCc2cn3ccccc3n2)c1. The van der Waals surface area contributed by atoms with Crippen molar-refractivity contribution in [2.75, 3.05) is 5.32 Å². The number of hydrogen-bond donors (Lipinski definition) is 1. The maximum absolute atomic E-state index is 12.4. The zero-order chi connectivity index (χ0) is 21.8. The van der Waals surface area contributed by atoms with Gasteiger partial charge in [0.15, 0.2) is 0 Å². The molecular formula is C25H22N4O2S. The third kappa shape index (κ3) is 4.78. The molecule has 0 spiro atoms. The van der Waals surface area contributed by atoms with Crippen LogP contribution in [0.4, 0.5) is 5.69 Å². The highest BCUT2D eigenvalue weighted by Crippen LogP contribution is 2.23. The Hall–Kier alpha value is -3.71. The molecule has 2 aromatic carbocycles. The molecule has 3 aromatic heterocycles. The highest BCUT2D eigenvalue weighted by Gasteiger charge is 2.08. The Kier molecular flexibility index (Phi) is 5.81. The van der Waals surface area contributed by atoms with Crippen LogP contribution >= 0.6 is 11.3 Å². The van der Waals surface area contributed by atoms with E-state index in [4.69, 9.17) is 4.74 Å². The zero-order valence-corrected chi connectivity index (χ0v) is 18.2. The molecule has 0 radical (unpaired) electrons. The highest BCUT2D eigenvalue weighted by molar-refractivity contribution is 7.18. The molecule has 5 rings (SSSR count). The summed E-state index contributed by atoms with van der Waals surface area (Å²) in [5.41, 5.74) is 3.48. The van der Waals surface area contributed by atoms with Crippen LogP contribution in [0.5, 0.6) is 5.75 Å². The van der Waals surface area contributed by atoms with Gasteiger partial charge in [0, 0.05) is 30.6 Å². The summed E-state index contributed by atoms with van der Waals surface area (Å²) >= 11 is 1.69. The first kappa shape index (κ1) is 20.2. The lowest BCUT2D eigenvalue weighted by molar-refractivity contribution is -0.116. The maximum atomic E-state index is 12.4. The van der Waals surface area contributed by atoms with Crippen molar-refractivity contribution in [1.29, 1.82) is 0 Å². The van der Waals surface area contributed by atoms with Crippen LogP contribution in [0, 0.1) is 0 Å². The number of thiazole rings is 1. The Labute approximate surface area is 189 Å². The number of hydrogen-bond acceptors (Lipinski definition) is 5. The molecule has 0 saturated carbocycles. The number of aryl methyl sites for hydroxylation is 1. The van der Waals surface area contributed by atoms with Crippen LogP contribution in [0.25, 0.3) is 15.9 Å². The van der Waals surface area contributed by atoms with Crippen molar-refractivity contribution in [3.05, 3.63) is 89.8 Å². The summed E-state index contributed by atoms with van der Waals surface area (Å²) in [6.45, 7) is 0.362. The van der Waals surface area contributed by atoms with E-state index in [-0.39, 0.29) is 5.91 Å². The predicted octanol–water partition coefficient (Wildman–Crippen LogP) is 5.48. The summed E-state index contributed by atoms with van der Waals surface area (Å²) in [5.74, 6) is 0.679. The van der Waals surface area contributed by atoms with Crippen LogP contribution in [-0.4, -0.2) is 20.3 Å². The van der Waals surface area contributed by atoms with E-state index < -0.39 is 0 Å². The van der Waals surface area contributed by atoms with Crippen molar-refractivity contribution in [2.24, 2.45) is 0 Å². The van der Waals surface area contributed by atoms with Gasteiger partial charge in [0.25, 0.3) is 0 Å². The molecule has 3 heterocycles. The molecular weight excluding hydrogens is 420 g/mol. The standard InChI is InChI=1S/C25H22N4O2S/c30-24(12-6-13-25-28-21-9-1-2-10-22(21)32-25)27-18-7-5-8-20(15-18)31-17-19-16-29-14-4-3-11-23(29)26-19/h1-5,7-11,14-16H,6,12-13,17H2,(H,27,30). The fourth-order valence-corrected chi connectivity index (χ4v) is 4.54. The molecule has 160 valence electrons. The Bertz CT molecular complexity index is 1310. The van der Waals surface area contributed by atoms with Crippen molar-refractivity contribution in [3.63, 3.8) is 0 Å². The van der Waals surface area contributed by atoms with Gasteiger partial charge in [-0.25, -0.2) is 9.97 Å². The van der Waals surface area contributed by atoms with Gasteiger partial charge >= 0.3 is 0 Å². The van der Waals surface area contributed by atoms with Crippen LogP contribution in [0.1, 0.15) is 23.5 Å². The first-order valence-electron chi connectivity index (χ1n) is 10.5. The normalized spacial score (nSPS) is 11.1. The summed E-state index contributed by atoms with van der Waals surface area (Å²) in [4.78, 5) is 21.5. The van der Waals surface area contributed by atoms with Crippen molar-refractivity contribution in [2.45, 2.75) is 25.9 Å². The maximum Gasteiger partial charge on any atom is 0.224 e. The summed E-state index contributed by atoms with van der Waals surface area (Å²) in [5, 5.41) is 4.03. The largest absolute Gasteiger partial charge is 0.487 e. The van der Waals surface area contributed by atoms with Gasteiger partial charge in [-0.2, -0.15) is 0 Å². The second-order valence-corrected chi connectivity index (χ2v) is 8.61. The van der Waals surface area contributed by atoms with Gasteiger partial charge in [0.2, 0.25) is 5.91 Å². The fourth-order valence-electron chi connectivity index (χ4n) is 3.53. The number of imidazole rings is 1. The fraction of sp³-hybridized carbons (Fsp3) is 0.160. The number of aromatic nitrogens is 3. The molecule has 0 bridgehead atoms. The molecule has 0 saturated heterocycles. The Morgan fingerprint density at radius 3 is 2.84 bits per heavy atom. The van der Waals surface area contributed by atoms with Crippen LogP contribution in [0.15, 0.2) is 79.1 Å². The monoisotopic (exact) mass is 442 g/mol. The number of ether oxygens (including phenoxy) is 1. The summed E-state index contributed by atoms with van der Waals surface area (Å²) in [6, 6.07) is 21.4. The van der Waals surface area contributed by atoms with E-state index in [9.17, 15) is 4.79 Å². The second-order valence-electron chi connectivity index (χ2n) is 7.49. The van der Waals surface area contributed by atoms with Crippen LogP contribution in [0.2, 0.25) is 0 Å². The third-order valence-corrected chi connectivity index (χ3v) is 6.15. The molecule has 5 aromatic rings. The van der Waals surface area contributed by atoms with Gasteiger partial charge in [-0.15, -0.1) is 11.3 Å². The smallest absolute Gasteiger partial charge is 0.224 e. The number of nitrogens with one attached hydrogen (secondary N) is 1. The minimum Gasteiger partial charge on any atom is -0.487 e. The van der Waals surface area contributed by atoms with E-state index in [1.54, 1.807) is 11.3 Å². The lowest BCUT2D eigenvalue weighted by Crippen LogP contribution is -2.11. The molecule has 0 aliphatic rings. The second kappa shape index (κ2) is 9.20. The summed E-state index contributed by atoms with van der Waals surface area (Å²) in [7, 11) is 0. The molecule has 0 fully saturated rings. The highest BCUT2D eigenvalue weighted by atomic mass is 32.1. The lowest BCUT2D eigenvalue weighted by Gasteiger charge is -2.08. The average molecular weight is 443 g/mol. The van der Waals surface area contributed by atoms with E-state index in [1.807, 2.05) is 77.5 Å². The van der Waals surface area contributed by atoms with Crippen molar-refractivity contribution in [3.8, 4) is 5.75 Å². The molecule has 1 amide bonds. The third-order valence-electron chi connectivity index (χ3n) is 5.05. The van der Waals surface area contributed by atoms with Gasteiger partial charge in [0.05, 0.1) is 20.9 Å². The van der Waals surface area contributed by atoms with Gasteiger partial charge in [-0.1, -0.05) is 24.3 Å². The summed E-state index contributed by atoms with van der Waals surface area (Å²) < 4.78 is 9.03. The molecule has 0 aliphatic carbocycles. The Morgan fingerprint density at radius 1 is 1.03 bits per heavy atom. The average Bonchev–Trinajstić information content (AvgIpc) is 3.41. The van der Waals surface area contributed by atoms with Crippen LogP contribution in [0.3, 0.4) is 0 Å². The summed E-state index contributed by atoms with van der Waals surface area (Å²) in [6.07, 6.45) is 5.91. The van der Waals surface area contributed by atoms with Crippen LogP contribution in [-0.2, 0) is 17.8 Å². The molecule has 0 unspecified atom stereocenters. The number of nitrogens with zero attached hydrogens (tertiary/aromatic N) is 3. The number of benzene rings is 2. The number of rotatable bonds is 8. The van der Waals surface area contributed by atoms with Gasteiger partial charge in [-0.3, -0.25) is 4.79 Å². The van der Waals surface area contributed by atoms with E-state index in [2.05, 4.69) is 21.4 Å². The number of para-hydroxylation sites is 1. The predicted molar refractivity (Wildman–Crippen MR) is 127 cm³/mol. The molecule has 32 heavy (non-hydrogen) atoms. The minimum absolute atomic E-state index is 0.0105. The Morgan fingerprint density at radius 2 is 1.94 bits per heavy atom. The first-order valence-corrected chi connectivity index (χ1v) is 11.3. The molecule has 1 N–H and O–H groups in total. The van der Waals surface area contributed by atoms with Crippen LogP contribution < -0.4 is 10.1 Å². The number of pyridine rings is 1. The first-order chi connectivity index (χ1) is 15.7. The van der Waals surface area contributed by atoms with Gasteiger partial charge in [0.1, 0.15) is 18.0 Å². The van der Waals surface area contributed by atoms with Gasteiger partial charge in [-0.05, 0) is 49.2 Å². The van der Waals surface area contributed by atoms with E-state index in [0.717, 1.165) is 40.4 Å². The number of anilines is 1. The molecule has 7 heteroatoms. The van der Waals surface area contributed by atoms with Crippen molar-refractivity contribution < 1.29 is 9.53 Å². The topological polar surface area (TPSA) is 68.5 Å². The minimum atomic E-state index is -0.0105. The number of amides is 1. The van der Waals surface area contributed by atoms with Gasteiger partial charge < -0.3 is 14.5 Å². The van der Waals surface area contributed by atoms with Crippen molar-refractivity contribution in [1.82, 2.24) is 14.4 Å². The molecule has 0 atom stereocenters.